The third kappa shape index (κ3) is 3.18. The quantitative estimate of drug-likeness (QED) is 0.812. The number of ether oxygens (including phenoxy) is 1. The van der Waals surface area contributed by atoms with E-state index in [2.05, 4.69) is 21.8 Å². The van der Waals surface area contributed by atoms with Gasteiger partial charge in [-0.05, 0) is 13.0 Å². The number of carboxylic acids is 1. The van der Waals surface area contributed by atoms with Gasteiger partial charge >= 0.3 is 5.97 Å². The van der Waals surface area contributed by atoms with E-state index in [0.29, 0.717) is 19.0 Å². The van der Waals surface area contributed by atoms with Crippen LogP contribution in [0.2, 0.25) is 0 Å². The summed E-state index contributed by atoms with van der Waals surface area (Å²) in [7, 11) is 0. The van der Waals surface area contributed by atoms with Crippen molar-refractivity contribution in [3.63, 3.8) is 0 Å². The molecule has 1 atom stereocenters. The molecular formula is C12H17N3O4. The summed E-state index contributed by atoms with van der Waals surface area (Å²) in [4.78, 5) is 31.0. The van der Waals surface area contributed by atoms with Crippen LogP contribution in [0.4, 0.5) is 0 Å². The van der Waals surface area contributed by atoms with Crippen molar-refractivity contribution in [2.45, 2.75) is 19.4 Å². The Morgan fingerprint density at radius 1 is 1.68 bits per heavy atom. The number of aromatic carboxylic acids is 1. The lowest BCUT2D eigenvalue weighted by molar-refractivity contribution is -0.0343. The average Bonchev–Trinajstić information content (AvgIpc) is 2.39. The Hall–Kier alpha value is -1.73. The predicted molar refractivity (Wildman–Crippen MR) is 67.2 cm³/mol. The second kappa shape index (κ2) is 5.94. The van der Waals surface area contributed by atoms with E-state index in [1.807, 2.05) is 0 Å². The topological polar surface area (TPSA) is 95.5 Å². The molecule has 2 rings (SSSR count). The summed E-state index contributed by atoms with van der Waals surface area (Å²) in [5.41, 5.74) is -1.00. The van der Waals surface area contributed by atoms with Gasteiger partial charge in [0.25, 0.3) is 5.56 Å². The number of morpholine rings is 1. The van der Waals surface area contributed by atoms with E-state index < -0.39 is 11.5 Å². The fourth-order valence-corrected chi connectivity index (χ4v) is 2.11. The van der Waals surface area contributed by atoms with Gasteiger partial charge in [0, 0.05) is 19.3 Å². The zero-order valence-corrected chi connectivity index (χ0v) is 10.8. The lowest BCUT2D eigenvalue weighted by atomic mass is 10.2. The summed E-state index contributed by atoms with van der Waals surface area (Å²) in [6.07, 6.45) is 1.82. The summed E-state index contributed by atoms with van der Waals surface area (Å²) >= 11 is 0. The van der Waals surface area contributed by atoms with Gasteiger partial charge in [0.2, 0.25) is 0 Å². The van der Waals surface area contributed by atoms with Gasteiger partial charge in [0.05, 0.1) is 6.61 Å². The van der Waals surface area contributed by atoms with Gasteiger partial charge in [-0.2, -0.15) is 0 Å². The van der Waals surface area contributed by atoms with Crippen molar-refractivity contribution in [2.24, 2.45) is 0 Å². The first-order valence-corrected chi connectivity index (χ1v) is 6.28. The van der Waals surface area contributed by atoms with Crippen molar-refractivity contribution in [2.75, 3.05) is 26.2 Å². The normalized spacial score (nSPS) is 20.4. The van der Waals surface area contributed by atoms with Crippen LogP contribution in [0.1, 0.15) is 35.6 Å². The lowest BCUT2D eigenvalue weighted by Gasteiger charge is -2.31. The van der Waals surface area contributed by atoms with E-state index in [1.165, 1.54) is 0 Å². The molecule has 1 aliphatic heterocycles. The van der Waals surface area contributed by atoms with Gasteiger partial charge in [0.1, 0.15) is 17.5 Å². The fourth-order valence-electron chi connectivity index (χ4n) is 2.11. The maximum absolute atomic E-state index is 11.6. The van der Waals surface area contributed by atoms with Crippen LogP contribution in [0.15, 0.2) is 11.0 Å². The molecule has 0 amide bonds. The first kappa shape index (κ1) is 13.7. The van der Waals surface area contributed by atoms with E-state index in [1.54, 1.807) is 0 Å². The minimum Gasteiger partial charge on any atom is -0.477 e. The van der Waals surface area contributed by atoms with Crippen molar-refractivity contribution in [1.82, 2.24) is 14.9 Å². The van der Waals surface area contributed by atoms with E-state index in [-0.39, 0.29) is 11.7 Å². The van der Waals surface area contributed by atoms with Crippen LogP contribution in [0.25, 0.3) is 0 Å². The molecule has 19 heavy (non-hydrogen) atoms. The molecule has 0 aliphatic carbocycles. The van der Waals surface area contributed by atoms with Gasteiger partial charge in [0.15, 0.2) is 0 Å². The predicted octanol–water partition coefficient (Wildman–Crippen LogP) is 0.251. The Morgan fingerprint density at radius 2 is 2.47 bits per heavy atom. The number of nitrogens with one attached hydrogen (secondary N) is 1. The molecule has 1 unspecified atom stereocenters. The van der Waals surface area contributed by atoms with Crippen molar-refractivity contribution in [1.29, 1.82) is 0 Å². The van der Waals surface area contributed by atoms with Crippen molar-refractivity contribution >= 4 is 5.97 Å². The smallest absolute Gasteiger partial charge is 0.342 e. The minimum atomic E-state index is -1.28. The average molecular weight is 267 g/mol. The summed E-state index contributed by atoms with van der Waals surface area (Å²) < 4.78 is 5.57. The van der Waals surface area contributed by atoms with Crippen LogP contribution >= 0.6 is 0 Å². The summed E-state index contributed by atoms with van der Waals surface area (Å²) in [6.45, 7) is 5.17. The van der Waals surface area contributed by atoms with Gasteiger partial charge < -0.3 is 14.8 Å². The molecule has 2 heterocycles. The summed E-state index contributed by atoms with van der Waals surface area (Å²) in [6, 6.07) is 0. The maximum Gasteiger partial charge on any atom is 0.342 e. The fraction of sp³-hybridized carbons (Fsp3) is 0.583. The van der Waals surface area contributed by atoms with Crippen LogP contribution in [0.3, 0.4) is 0 Å². The SMILES string of the molecule is CCCN1CCOC(c2ncc(C(=O)O)c(=O)[nH]2)C1. The Labute approximate surface area is 110 Å². The van der Waals surface area contributed by atoms with Crippen molar-refractivity contribution in [3.8, 4) is 0 Å². The maximum atomic E-state index is 11.6. The largest absolute Gasteiger partial charge is 0.477 e. The van der Waals surface area contributed by atoms with Crippen molar-refractivity contribution < 1.29 is 14.6 Å². The molecule has 7 heteroatoms. The Balaban J connectivity index is 2.15. The zero-order chi connectivity index (χ0) is 13.8. The molecule has 1 aromatic rings. The van der Waals surface area contributed by atoms with E-state index in [4.69, 9.17) is 9.84 Å². The third-order valence-corrected chi connectivity index (χ3v) is 3.04. The molecule has 0 spiro atoms. The second-order valence-corrected chi connectivity index (χ2v) is 4.48. The number of carboxylic acid groups (broad SMARTS) is 1. The molecule has 2 N–H and O–H groups in total. The molecule has 1 aliphatic rings. The third-order valence-electron chi connectivity index (χ3n) is 3.04. The first-order valence-electron chi connectivity index (χ1n) is 6.28. The number of H-pyrrole nitrogens is 1. The molecule has 1 fully saturated rings. The standard InChI is InChI=1S/C12H17N3O4/c1-2-3-15-4-5-19-9(7-15)10-13-6-8(12(17)18)11(16)14-10/h6,9H,2-5,7H2,1H3,(H,17,18)(H,13,14,16). The van der Waals surface area contributed by atoms with Crippen LogP contribution < -0.4 is 5.56 Å². The van der Waals surface area contributed by atoms with Crippen LogP contribution in [0, 0.1) is 0 Å². The Morgan fingerprint density at radius 3 is 3.11 bits per heavy atom. The molecule has 0 saturated carbocycles. The number of aromatic amines is 1. The van der Waals surface area contributed by atoms with Gasteiger partial charge in [-0.15, -0.1) is 0 Å². The first-order chi connectivity index (χ1) is 9.11. The number of nitrogens with zero attached hydrogens (tertiary/aromatic N) is 2. The van der Waals surface area contributed by atoms with E-state index in [9.17, 15) is 9.59 Å². The summed E-state index contributed by atoms with van der Waals surface area (Å²) in [5, 5.41) is 8.78. The molecule has 7 nitrogen and oxygen atoms in total. The van der Waals surface area contributed by atoms with Gasteiger partial charge in [-0.25, -0.2) is 9.78 Å². The molecule has 0 radical (unpaired) electrons. The molecule has 1 aromatic heterocycles. The highest BCUT2D eigenvalue weighted by atomic mass is 16.5. The van der Waals surface area contributed by atoms with E-state index >= 15 is 0 Å². The highest BCUT2D eigenvalue weighted by Crippen LogP contribution is 2.18. The van der Waals surface area contributed by atoms with E-state index in [0.717, 1.165) is 25.7 Å². The Bertz CT molecular complexity index is 512. The molecule has 1 saturated heterocycles. The minimum absolute atomic E-state index is 0.309. The van der Waals surface area contributed by atoms with Gasteiger partial charge in [-0.1, -0.05) is 6.92 Å². The van der Waals surface area contributed by atoms with Crippen LogP contribution in [-0.2, 0) is 4.74 Å². The molecule has 0 bridgehead atoms. The highest BCUT2D eigenvalue weighted by molar-refractivity contribution is 5.86. The van der Waals surface area contributed by atoms with Crippen LogP contribution in [0.5, 0.6) is 0 Å². The van der Waals surface area contributed by atoms with Gasteiger partial charge in [-0.3, -0.25) is 9.69 Å². The number of carbonyl (C=O) groups is 1. The van der Waals surface area contributed by atoms with Crippen LogP contribution in [-0.4, -0.2) is 52.2 Å². The summed E-state index contributed by atoms with van der Waals surface area (Å²) in [5.74, 6) is -0.895. The number of rotatable bonds is 4. The lowest BCUT2D eigenvalue weighted by Crippen LogP contribution is -2.39. The molecule has 0 aromatic carbocycles. The second-order valence-electron chi connectivity index (χ2n) is 4.48. The molecular weight excluding hydrogens is 250 g/mol. The van der Waals surface area contributed by atoms with Crippen molar-refractivity contribution in [3.05, 3.63) is 27.9 Å². The monoisotopic (exact) mass is 267 g/mol. The zero-order valence-electron chi connectivity index (χ0n) is 10.8. The molecule has 104 valence electrons. The Kier molecular flexibility index (Phi) is 4.28. The highest BCUT2D eigenvalue weighted by Gasteiger charge is 2.24. The number of aromatic nitrogens is 2. The number of hydrogen-bond donors (Lipinski definition) is 2. The number of hydrogen-bond acceptors (Lipinski definition) is 5.